The standard InChI is InChI=1S/C23H29N5OS/c1-16-8-4-3-7-13-30-23-21(16)22(28(2)18-10-11-18)26-19(27-23)14-20(29)25-15-17-9-5-6-12-24-17/h5-6,9,12,18H,1,3-4,7-8,10-11,13-15H2,2H3,(H,25,29). The van der Waals surface area contributed by atoms with Gasteiger partial charge in [0.2, 0.25) is 5.91 Å². The Morgan fingerprint density at radius 3 is 2.90 bits per heavy atom. The van der Waals surface area contributed by atoms with Gasteiger partial charge in [-0.25, -0.2) is 9.97 Å². The second-order valence-electron chi connectivity index (χ2n) is 8.02. The van der Waals surface area contributed by atoms with Gasteiger partial charge in [0.1, 0.15) is 16.7 Å². The zero-order valence-electron chi connectivity index (χ0n) is 17.6. The Hall–Kier alpha value is -2.41. The Kier molecular flexibility index (Phi) is 6.67. The van der Waals surface area contributed by atoms with Crippen molar-refractivity contribution < 1.29 is 4.79 Å². The summed E-state index contributed by atoms with van der Waals surface area (Å²) in [6.07, 6.45) is 8.79. The van der Waals surface area contributed by atoms with Crippen molar-refractivity contribution in [2.75, 3.05) is 17.7 Å². The van der Waals surface area contributed by atoms with Crippen molar-refractivity contribution in [1.29, 1.82) is 0 Å². The Morgan fingerprint density at radius 2 is 2.13 bits per heavy atom. The number of thioether (sulfide) groups is 1. The van der Waals surface area contributed by atoms with Crippen molar-refractivity contribution in [3.8, 4) is 0 Å². The van der Waals surface area contributed by atoms with E-state index in [0.717, 1.165) is 46.3 Å². The van der Waals surface area contributed by atoms with Crippen LogP contribution in [0.3, 0.4) is 0 Å². The van der Waals surface area contributed by atoms with Gasteiger partial charge in [-0.05, 0) is 55.6 Å². The molecule has 0 atom stereocenters. The minimum Gasteiger partial charge on any atom is -0.356 e. The number of amides is 1. The summed E-state index contributed by atoms with van der Waals surface area (Å²) in [5.74, 6) is 2.46. The quantitative estimate of drug-likeness (QED) is 0.708. The molecule has 2 aliphatic rings. The van der Waals surface area contributed by atoms with Crippen LogP contribution in [0.15, 0.2) is 36.0 Å². The van der Waals surface area contributed by atoms with Gasteiger partial charge in [0.25, 0.3) is 0 Å². The SMILES string of the molecule is C=C1CCCCCSc2nc(CC(=O)NCc3ccccn3)nc(N(C)C3CC3)c21. The lowest BCUT2D eigenvalue weighted by molar-refractivity contribution is -0.120. The van der Waals surface area contributed by atoms with Crippen molar-refractivity contribution in [3.63, 3.8) is 0 Å². The molecule has 0 saturated heterocycles. The first kappa shape index (κ1) is 20.8. The van der Waals surface area contributed by atoms with Gasteiger partial charge in [-0.1, -0.05) is 19.1 Å². The number of allylic oxidation sites excluding steroid dienone is 1. The molecule has 2 aromatic rings. The number of rotatable bonds is 6. The maximum atomic E-state index is 12.6. The number of hydrogen-bond donors (Lipinski definition) is 1. The van der Waals surface area contributed by atoms with E-state index in [-0.39, 0.29) is 12.3 Å². The van der Waals surface area contributed by atoms with E-state index in [1.165, 1.54) is 25.7 Å². The van der Waals surface area contributed by atoms with E-state index >= 15 is 0 Å². The van der Waals surface area contributed by atoms with E-state index in [1.54, 1.807) is 18.0 Å². The van der Waals surface area contributed by atoms with Crippen molar-refractivity contribution in [3.05, 3.63) is 48.1 Å². The van der Waals surface area contributed by atoms with E-state index < -0.39 is 0 Å². The molecule has 4 rings (SSSR count). The normalized spacial score (nSPS) is 16.8. The molecule has 1 N–H and O–H groups in total. The molecule has 0 radical (unpaired) electrons. The second-order valence-corrected chi connectivity index (χ2v) is 9.11. The summed E-state index contributed by atoms with van der Waals surface area (Å²) in [5.41, 5.74) is 3.05. The molecule has 2 aromatic heterocycles. The summed E-state index contributed by atoms with van der Waals surface area (Å²) >= 11 is 1.77. The molecule has 1 aliphatic carbocycles. The van der Waals surface area contributed by atoms with E-state index in [4.69, 9.17) is 9.97 Å². The number of anilines is 1. The van der Waals surface area contributed by atoms with Gasteiger partial charge in [-0.15, -0.1) is 11.8 Å². The van der Waals surface area contributed by atoms with Crippen molar-refractivity contribution >= 4 is 29.1 Å². The van der Waals surface area contributed by atoms with Crippen LogP contribution in [0.1, 0.15) is 55.6 Å². The van der Waals surface area contributed by atoms with Gasteiger partial charge in [-0.3, -0.25) is 9.78 Å². The van der Waals surface area contributed by atoms with Crippen LogP contribution >= 0.6 is 11.8 Å². The minimum absolute atomic E-state index is 0.0903. The summed E-state index contributed by atoms with van der Waals surface area (Å²) in [5, 5.41) is 3.91. The first-order valence-corrected chi connectivity index (χ1v) is 11.7. The maximum Gasteiger partial charge on any atom is 0.227 e. The number of carbonyl (C=O) groups is 1. The summed E-state index contributed by atoms with van der Waals surface area (Å²) in [6, 6.07) is 6.21. The second kappa shape index (κ2) is 9.60. The summed E-state index contributed by atoms with van der Waals surface area (Å²) in [7, 11) is 2.11. The lowest BCUT2D eigenvalue weighted by Crippen LogP contribution is -2.27. The highest BCUT2D eigenvalue weighted by Gasteiger charge is 2.31. The molecule has 0 bridgehead atoms. The van der Waals surface area contributed by atoms with Gasteiger partial charge < -0.3 is 10.2 Å². The number of nitrogens with one attached hydrogen (secondary N) is 1. The molecule has 0 aromatic carbocycles. The van der Waals surface area contributed by atoms with Crippen molar-refractivity contribution in [2.45, 2.75) is 62.6 Å². The monoisotopic (exact) mass is 423 g/mol. The molecular formula is C23H29N5OS. The van der Waals surface area contributed by atoms with E-state index in [9.17, 15) is 4.79 Å². The van der Waals surface area contributed by atoms with Crippen LogP contribution in [0.25, 0.3) is 5.57 Å². The third-order valence-corrected chi connectivity index (χ3v) is 6.62. The third-order valence-electron chi connectivity index (χ3n) is 5.56. The molecule has 7 heteroatoms. The van der Waals surface area contributed by atoms with Gasteiger partial charge >= 0.3 is 0 Å². The van der Waals surface area contributed by atoms with Crippen LogP contribution in [0.2, 0.25) is 0 Å². The number of hydrogen-bond acceptors (Lipinski definition) is 6. The number of aromatic nitrogens is 3. The van der Waals surface area contributed by atoms with Crippen molar-refractivity contribution in [1.82, 2.24) is 20.3 Å². The molecule has 6 nitrogen and oxygen atoms in total. The largest absolute Gasteiger partial charge is 0.356 e. The Balaban J connectivity index is 1.57. The summed E-state index contributed by atoms with van der Waals surface area (Å²) in [4.78, 5) is 28.8. The zero-order chi connectivity index (χ0) is 20.9. The average Bonchev–Trinajstić information content (AvgIpc) is 3.59. The predicted molar refractivity (Wildman–Crippen MR) is 121 cm³/mol. The van der Waals surface area contributed by atoms with Crippen LogP contribution in [-0.4, -0.2) is 39.7 Å². The van der Waals surface area contributed by atoms with Crippen LogP contribution in [-0.2, 0) is 17.8 Å². The Morgan fingerprint density at radius 1 is 1.27 bits per heavy atom. The summed E-state index contributed by atoms with van der Waals surface area (Å²) < 4.78 is 0. The van der Waals surface area contributed by atoms with Gasteiger partial charge in [0.15, 0.2) is 0 Å². The first-order chi connectivity index (χ1) is 14.6. The van der Waals surface area contributed by atoms with E-state index in [2.05, 4.69) is 28.8 Å². The fourth-order valence-electron chi connectivity index (χ4n) is 3.66. The van der Waals surface area contributed by atoms with Crippen LogP contribution in [0, 0.1) is 0 Å². The third kappa shape index (κ3) is 5.19. The predicted octanol–water partition coefficient (Wildman–Crippen LogP) is 4.01. The van der Waals surface area contributed by atoms with Crippen LogP contribution in [0.4, 0.5) is 5.82 Å². The number of nitrogens with zero attached hydrogens (tertiary/aromatic N) is 4. The molecule has 0 unspecified atom stereocenters. The topological polar surface area (TPSA) is 71.0 Å². The van der Waals surface area contributed by atoms with Crippen LogP contribution in [0.5, 0.6) is 0 Å². The molecule has 0 spiro atoms. The minimum atomic E-state index is -0.0903. The van der Waals surface area contributed by atoms with E-state index in [0.29, 0.717) is 18.4 Å². The lowest BCUT2D eigenvalue weighted by Gasteiger charge is -2.24. The lowest BCUT2D eigenvalue weighted by atomic mass is 10.0. The molecule has 30 heavy (non-hydrogen) atoms. The Labute approximate surface area is 182 Å². The summed E-state index contributed by atoms with van der Waals surface area (Å²) in [6.45, 7) is 4.78. The smallest absolute Gasteiger partial charge is 0.227 e. The Bertz CT molecular complexity index is 913. The zero-order valence-corrected chi connectivity index (χ0v) is 18.4. The highest BCUT2D eigenvalue weighted by atomic mass is 32.2. The average molecular weight is 424 g/mol. The van der Waals surface area contributed by atoms with E-state index in [1.807, 2.05) is 18.2 Å². The number of carbonyl (C=O) groups excluding carboxylic acids is 1. The molecule has 3 heterocycles. The van der Waals surface area contributed by atoms with Gasteiger partial charge in [-0.2, -0.15) is 0 Å². The number of fused-ring (bicyclic) bond motifs is 1. The van der Waals surface area contributed by atoms with Crippen molar-refractivity contribution in [2.24, 2.45) is 0 Å². The highest BCUT2D eigenvalue weighted by Crippen LogP contribution is 2.40. The first-order valence-electron chi connectivity index (χ1n) is 10.7. The molecule has 1 saturated carbocycles. The highest BCUT2D eigenvalue weighted by molar-refractivity contribution is 7.99. The maximum absolute atomic E-state index is 12.6. The molecule has 158 valence electrons. The fourth-order valence-corrected chi connectivity index (χ4v) is 4.76. The molecule has 1 aliphatic heterocycles. The van der Waals surface area contributed by atoms with Gasteiger partial charge in [0.05, 0.1) is 24.2 Å². The van der Waals surface area contributed by atoms with Crippen LogP contribution < -0.4 is 10.2 Å². The fraction of sp³-hybridized carbons (Fsp3) is 0.478. The van der Waals surface area contributed by atoms with Gasteiger partial charge in [0, 0.05) is 19.3 Å². The number of pyridine rings is 1. The molecule has 1 amide bonds. The molecule has 1 fully saturated rings. The molecular weight excluding hydrogens is 394 g/mol.